The Kier molecular flexibility index (Phi) is 6.11. The number of halogens is 1. The molecule has 2 aliphatic heterocycles. The minimum atomic E-state index is 0. The van der Waals surface area contributed by atoms with Crippen molar-refractivity contribution < 1.29 is 9.59 Å². The van der Waals surface area contributed by atoms with Crippen LogP contribution in [0.1, 0.15) is 41.6 Å². The van der Waals surface area contributed by atoms with Gasteiger partial charge in [-0.2, -0.15) is 0 Å². The maximum atomic E-state index is 13.0. The Balaban J connectivity index is 0.00000210. The van der Waals surface area contributed by atoms with E-state index in [4.69, 9.17) is 0 Å². The van der Waals surface area contributed by atoms with E-state index in [1.807, 2.05) is 41.0 Å². The number of amides is 2. The van der Waals surface area contributed by atoms with E-state index in [9.17, 15) is 9.59 Å². The van der Waals surface area contributed by atoms with Crippen LogP contribution in [-0.4, -0.2) is 60.9 Å². The number of aryl methyl sites for hydroxylation is 1. The van der Waals surface area contributed by atoms with Gasteiger partial charge in [0.05, 0.1) is 0 Å². The molecule has 1 aromatic carbocycles. The zero-order chi connectivity index (χ0) is 18.1. The first kappa shape index (κ1) is 20.2. The highest BCUT2D eigenvalue weighted by Crippen LogP contribution is 2.59. The van der Waals surface area contributed by atoms with Crippen LogP contribution in [0.2, 0.25) is 0 Å². The fourth-order valence-electron chi connectivity index (χ4n) is 4.70. The van der Waals surface area contributed by atoms with Gasteiger partial charge in [0.25, 0.3) is 5.91 Å². The first-order valence-electron chi connectivity index (χ1n) is 9.95. The lowest BCUT2D eigenvalue weighted by Gasteiger charge is -2.26. The number of hydrogen-bond donors (Lipinski definition) is 1. The molecule has 1 saturated carbocycles. The minimum Gasteiger partial charge on any atom is -0.341 e. The van der Waals surface area contributed by atoms with Crippen LogP contribution in [-0.2, 0) is 4.79 Å². The predicted octanol–water partition coefficient (Wildman–Crippen LogP) is 2.48. The van der Waals surface area contributed by atoms with E-state index in [-0.39, 0.29) is 29.6 Å². The lowest BCUT2D eigenvalue weighted by Crippen LogP contribution is -2.39. The second kappa shape index (κ2) is 8.19. The molecule has 1 N–H and O–H groups in total. The fraction of sp³-hybridized carbons (Fsp3) is 0.619. The normalized spacial score (nSPS) is 24.1. The molecular formula is C21H30ClN3O2. The summed E-state index contributed by atoms with van der Waals surface area (Å²) in [4.78, 5) is 29.7. The van der Waals surface area contributed by atoms with Crippen molar-refractivity contribution in [2.75, 3.05) is 39.3 Å². The molecule has 148 valence electrons. The molecule has 6 heteroatoms. The molecule has 2 amide bonds. The van der Waals surface area contributed by atoms with Crippen LogP contribution in [0, 0.1) is 18.3 Å². The van der Waals surface area contributed by atoms with Crippen LogP contribution in [0.3, 0.4) is 0 Å². The van der Waals surface area contributed by atoms with E-state index in [2.05, 4.69) is 5.32 Å². The number of carbonyl (C=O) groups excluding carboxylic acids is 2. The quantitative estimate of drug-likeness (QED) is 0.842. The van der Waals surface area contributed by atoms with Gasteiger partial charge in [-0.25, -0.2) is 0 Å². The van der Waals surface area contributed by atoms with Crippen molar-refractivity contribution in [3.8, 4) is 0 Å². The minimum absolute atomic E-state index is 0. The molecule has 1 atom stereocenters. The Hall–Kier alpha value is -1.59. The van der Waals surface area contributed by atoms with Crippen LogP contribution < -0.4 is 5.32 Å². The molecule has 27 heavy (non-hydrogen) atoms. The molecule has 0 radical (unpaired) electrons. The summed E-state index contributed by atoms with van der Waals surface area (Å²) in [6, 6.07) is 7.77. The highest BCUT2D eigenvalue weighted by molar-refractivity contribution is 5.94. The molecule has 5 nitrogen and oxygen atoms in total. The smallest absolute Gasteiger partial charge is 0.253 e. The molecule has 0 bridgehead atoms. The van der Waals surface area contributed by atoms with Gasteiger partial charge in [-0.3, -0.25) is 9.59 Å². The van der Waals surface area contributed by atoms with E-state index in [1.165, 1.54) is 0 Å². The van der Waals surface area contributed by atoms with Gasteiger partial charge in [0.2, 0.25) is 5.91 Å². The summed E-state index contributed by atoms with van der Waals surface area (Å²) in [5.41, 5.74) is 2.13. The maximum absolute atomic E-state index is 13.0. The van der Waals surface area contributed by atoms with Crippen molar-refractivity contribution in [1.82, 2.24) is 15.1 Å². The second-order valence-corrected chi connectivity index (χ2v) is 8.21. The van der Waals surface area contributed by atoms with Crippen LogP contribution in [0.5, 0.6) is 0 Å². The number of nitrogens with zero attached hydrogens (tertiary/aromatic N) is 2. The van der Waals surface area contributed by atoms with Gasteiger partial charge >= 0.3 is 0 Å². The molecule has 2 heterocycles. The average Bonchev–Trinajstić information content (AvgIpc) is 3.40. The molecule has 2 saturated heterocycles. The van der Waals surface area contributed by atoms with Crippen molar-refractivity contribution in [3.05, 3.63) is 35.4 Å². The first-order valence-corrected chi connectivity index (χ1v) is 9.95. The largest absolute Gasteiger partial charge is 0.341 e. The Morgan fingerprint density at radius 2 is 1.78 bits per heavy atom. The standard InChI is InChI=1S/C21H29N3O2.ClH/c1-16-4-2-5-17(14-16)19(25)23-10-3-11-24(13-12-23)20(26)18-15-21(18)6-8-22-9-7-21;/h2,4-5,14,18,22H,3,6-13,15H2,1H3;1H. The second-order valence-electron chi connectivity index (χ2n) is 8.21. The third-order valence-corrected chi connectivity index (χ3v) is 6.45. The van der Waals surface area contributed by atoms with Gasteiger partial charge in [-0.15, -0.1) is 12.4 Å². The van der Waals surface area contributed by atoms with E-state index in [0.29, 0.717) is 19.0 Å². The highest BCUT2D eigenvalue weighted by atomic mass is 35.5. The van der Waals surface area contributed by atoms with Crippen LogP contribution >= 0.6 is 12.4 Å². The van der Waals surface area contributed by atoms with E-state index < -0.39 is 0 Å². The highest BCUT2D eigenvalue weighted by Gasteiger charge is 2.58. The van der Waals surface area contributed by atoms with E-state index >= 15 is 0 Å². The summed E-state index contributed by atoms with van der Waals surface area (Å²) < 4.78 is 0. The SMILES string of the molecule is Cc1cccc(C(=O)N2CCCN(C(=O)C3CC34CCNCC4)CC2)c1.Cl. The van der Waals surface area contributed by atoms with Gasteiger partial charge < -0.3 is 15.1 Å². The Morgan fingerprint density at radius 1 is 1.07 bits per heavy atom. The molecule has 3 aliphatic rings. The molecule has 0 aromatic heterocycles. The van der Waals surface area contributed by atoms with Crippen LogP contribution in [0.25, 0.3) is 0 Å². The summed E-state index contributed by atoms with van der Waals surface area (Å²) in [7, 11) is 0. The van der Waals surface area contributed by atoms with Crippen molar-refractivity contribution in [2.45, 2.75) is 32.6 Å². The predicted molar refractivity (Wildman–Crippen MR) is 108 cm³/mol. The lowest BCUT2D eigenvalue weighted by atomic mass is 9.91. The third kappa shape index (κ3) is 4.14. The summed E-state index contributed by atoms with van der Waals surface area (Å²) in [5, 5.41) is 3.40. The van der Waals surface area contributed by atoms with Gasteiger partial charge in [0, 0.05) is 37.7 Å². The van der Waals surface area contributed by atoms with Gasteiger partial charge in [-0.1, -0.05) is 17.7 Å². The first-order chi connectivity index (χ1) is 12.6. The lowest BCUT2D eigenvalue weighted by molar-refractivity contribution is -0.133. The zero-order valence-corrected chi connectivity index (χ0v) is 16.9. The molecule has 3 fully saturated rings. The number of carbonyl (C=O) groups is 2. The van der Waals surface area contributed by atoms with Crippen molar-refractivity contribution in [2.24, 2.45) is 11.3 Å². The summed E-state index contributed by atoms with van der Waals surface area (Å²) in [6.45, 7) is 6.91. The number of benzene rings is 1. The van der Waals surface area contributed by atoms with Crippen molar-refractivity contribution >= 4 is 24.2 Å². The Morgan fingerprint density at radius 3 is 2.52 bits per heavy atom. The maximum Gasteiger partial charge on any atom is 0.253 e. The molecule has 1 aliphatic carbocycles. The average molecular weight is 392 g/mol. The summed E-state index contributed by atoms with van der Waals surface area (Å²) >= 11 is 0. The molecule has 1 spiro atoms. The fourth-order valence-corrected chi connectivity index (χ4v) is 4.70. The van der Waals surface area contributed by atoms with Gasteiger partial charge in [-0.05, 0) is 63.2 Å². The molecular weight excluding hydrogens is 362 g/mol. The topological polar surface area (TPSA) is 52.7 Å². The molecule has 1 aromatic rings. The summed E-state index contributed by atoms with van der Waals surface area (Å²) in [5.74, 6) is 0.643. The molecule has 4 rings (SSSR count). The molecule has 1 unspecified atom stereocenters. The number of nitrogens with one attached hydrogen (secondary N) is 1. The number of rotatable bonds is 2. The third-order valence-electron chi connectivity index (χ3n) is 6.45. The van der Waals surface area contributed by atoms with Crippen LogP contribution in [0.15, 0.2) is 24.3 Å². The van der Waals surface area contributed by atoms with Crippen LogP contribution in [0.4, 0.5) is 0 Å². The summed E-state index contributed by atoms with van der Waals surface area (Å²) in [6.07, 6.45) is 4.20. The van der Waals surface area contributed by atoms with Crippen molar-refractivity contribution in [1.29, 1.82) is 0 Å². The van der Waals surface area contributed by atoms with Gasteiger partial charge in [0.15, 0.2) is 0 Å². The van der Waals surface area contributed by atoms with Gasteiger partial charge in [0.1, 0.15) is 0 Å². The zero-order valence-electron chi connectivity index (χ0n) is 16.1. The van der Waals surface area contributed by atoms with Crippen molar-refractivity contribution in [3.63, 3.8) is 0 Å². The van der Waals surface area contributed by atoms with E-state index in [0.717, 1.165) is 63.0 Å². The Labute approximate surface area is 167 Å². The Bertz CT molecular complexity index is 702. The number of piperidine rings is 1. The van der Waals surface area contributed by atoms with E-state index in [1.54, 1.807) is 0 Å². The number of hydrogen-bond acceptors (Lipinski definition) is 3. The monoisotopic (exact) mass is 391 g/mol.